The minimum absolute atomic E-state index is 0.0433. The van der Waals surface area contributed by atoms with Crippen molar-refractivity contribution >= 4 is 5.69 Å². The van der Waals surface area contributed by atoms with Crippen LogP contribution in [0.25, 0.3) is 0 Å². The molecule has 0 amide bonds. The molecule has 1 aliphatic rings. The first kappa shape index (κ1) is 20.8. The fourth-order valence-corrected chi connectivity index (χ4v) is 3.74. The van der Waals surface area contributed by atoms with E-state index in [1.807, 2.05) is 0 Å². The predicted octanol–water partition coefficient (Wildman–Crippen LogP) is 4.27. The molecule has 0 saturated carbocycles. The van der Waals surface area contributed by atoms with Crippen molar-refractivity contribution in [1.29, 1.82) is 0 Å². The molecule has 2 heterocycles. The maximum absolute atomic E-state index is 14.5. The van der Waals surface area contributed by atoms with Crippen LogP contribution >= 0.6 is 0 Å². The molecular weight excluding hydrogens is 421 g/mol. The van der Waals surface area contributed by atoms with Crippen LogP contribution in [0.2, 0.25) is 0 Å². The Morgan fingerprint density at radius 3 is 2.61 bits per heavy atom. The van der Waals surface area contributed by atoms with Gasteiger partial charge in [-0.15, -0.1) is 0 Å². The fraction of sp³-hybridized carbons (Fsp3) is 0.238. The molecule has 10 heteroatoms. The molecule has 1 aromatic heterocycles. The number of benzene rings is 2. The van der Waals surface area contributed by atoms with Gasteiger partial charge in [0, 0.05) is 11.6 Å². The number of nitrogens with zero attached hydrogens (tertiary/aromatic N) is 2. The lowest BCUT2D eigenvalue weighted by atomic mass is 10.0. The molecule has 3 aromatic rings. The van der Waals surface area contributed by atoms with Crippen molar-refractivity contribution in [3.63, 3.8) is 0 Å². The lowest BCUT2D eigenvalue weighted by molar-refractivity contribution is -0.0498. The van der Waals surface area contributed by atoms with Crippen LogP contribution in [0.1, 0.15) is 29.3 Å². The Balaban J connectivity index is 1.88. The normalized spacial score (nSPS) is 16.1. The molecule has 31 heavy (non-hydrogen) atoms. The fourth-order valence-electron chi connectivity index (χ4n) is 3.74. The molecule has 0 fully saturated rings. The summed E-state index contributed by atoms with van der Waals surface area (Å²) >= 11 is 0. The minimum atomic E-state index is -2.99. The highest BCUT2D eigenvalue weighted by Crippen LogP contribution is 2.32. The Labute approximate surface area is 172 Å². The van der Waals surface area contributed by atoms with Crippen molar-refractivity contribution in [3.05, 3.63) is 86.6 Å². The van der Waals surface area contributed by atoms with Gasteiger partial charge in [0.05, 0.1) is 17.4 Å². The summed E-state index contributed by atoms with van der Waals surface area (Å²) in [5.41, 5.74) is -0.0836. The second-order valence-corrected chi connectivity index (χ2v) is 7.07. The van der Waals surface area contributed by atoms with Gasteiger partial charge >= 0.3 is 6.61 Å². The maximum Gasteiger partial charge on any atom is 0.387 e. The summed E-state index contributed by atoms with van der Waals surface area (Å²) < 4.78 is 72.8. The van der Waals surface area contributed by atoms with Crippen LogP contribution in [0.5, 0.6) is 5.75 Å². The number of rotatable bonds is 4. The number of aromatic nitrogens is 2. The highest BCUT2D eigenvalue weighted by atomic mass is 19.3. The second kappa shape index (κ2) is 8.01. The number of halogens is 5. The zero-order valence-corrected chi connectivity index (χ0v) is 16.1. The highest BCUT2D eigenvalue weighted by molar-refractivity contribution is 5.49. The smallest absolute Gasteiger partial charge is 0.387 e. The molecule has 1 aliphatic heterocycles. The summed E-state index contributed by atoms with van der Waals surface area (Å²) in [5.74, 6) is -2.61. The zero-order chi connectivity index (χ0) is 22.3. The summed E-state index contributed by atoms with van der Waals surface area (Å²) in [6.45, 7) is -1.39. The number of nitrogens with one attached hydrogen (secondary N) is 1. The Hall–Kier alpha value is -3.43. The number of hydrogen-bond donors (Lipinski definition) is 1. The van der Waals surface area contributed by atoms with Crippen LogP contribution in [0.15, 0.2) is 46.2 Å². The highest BCUT2D eigenvalue weighted by Gasteiger charge is 2.30. The minimum Gasteiger partial charge on any atom is -0.435 e. The summed E-state index contributed by atoms with van der Waals surface area (Å²) in [5, 5.41) is 0. The Morgan fingerprint density at radius 2 is 1.94 bits per heavy atom. The molecule has 1 N–H and O–H groups in total. The van der Waals surface area contributed by atoms with Crippen LogP contribution in [-0.2, 0) is 6.42 Å². The molecule has 2 aromatic carbocycles. The molecule has 0 spiro atoms. The molecule has 0 aliphatic carbocycles. The largest absolute Gasteiger partial charge is 0.435 e. The third kappa shape index (κ3) is 3.97. The van der Waals surface area contributed by atoms with Crippen LogP contribution in [-0.4, -0.2) is 16.2 Å². The number of aromatic amines is 1. The van der Waals surface area contributed by atoms with E-state index in [1.165, 1.54) is 28.8 Å². The number of hydrogen-bond acceptors (Lipinski definition) is 3. The standard InChI is InChI=1S/C21H16F5N3O2/c1-10-8-12(31-20(25)26)3-5-15(10)27-21-28-19(30)18(24)17-7-6-16(29(17)21)13-4-2-11(22)9-14(13)23/h2-5,8-9,16,20H,6-7H2,1H3,(H,27,28,30). The summed E-state index contributed by atoms with van der Waals surface area (Å²) in [6, 6.07) is 6.41. The molecule has 4 rings (SSSR count). The van der Waals surface area contributed by atoms with Gasteiger partial charge in [0.2, 0.25) is 11.4 Å². The van der Waals surface area contributed by atoms with Crippen molar-refractivity contribution in [1.82, 2.24) is 9.55 Å². The summed E-state index contributed by atoms with van der Waals surface area (Å²) in [6.07, 6.45) is 0.430. The molecule has 1 atom stereocenters. The van der Waals surface area contributed by atoms with Gasteiger partial charge < -0.3 is 9.30 Å². The number of ether oxygens (including phenoxy) is 1. The van der Waals surface area contributed by atoms with Gasteiger partial charge in [-0.2, -0.15) is 13.2 Å². The van der Waals surface area contributed by atoms with Gasteiger partial charge in [0.1, 0.15) is 17.4 Å². The van der Waals surface area contributed by atoms with Crippen LogP contribution in [0.4, 0.5) is 27.6 Å². The maximum atomic E-state index is 14.5. The number of fused-ring (bicyclic) bond motifs is 1. The van der Waals surface area contributed by atoms with E-state index in [4.69, 9.17) is 0 Å². The van der Waals surface area contributed by atoms with E-state index in [0.717, 1.165) is 12.1 Å². The van der Waals surface area contributed by atoms with Gasteiger partial charge in [0.25, 0.3) is 5.56 Å². The van der Waals surface area contributed by atoms with E-state index in [2.05, 4.69) is 14.7 Å². The SMILES string of the molecule is Cc1cc(OC(F)F)ccc1/N=c1\[nH]c(=O)c(F)c2n1C(c1ccc(F)cc1F)CC2. The lowest BCUT2D eigenvalue weighted by Gasteiger charge is -2.17. The number of H-pyrrole nitrogens is 1. The van der Waals surface area contributed by atoms with Crippen molar-refractivity contribution in [2.75, 3.05) is 0 Å². The first-order valence-corrected chi connectivity index (χ1v) is 9.33. The van der Waals surface area contributed by atoms with Gasteiger partial charge in [-0.05, 0) is 49.6 Å². The zero-order valence-electron chi connectivity index (χ0n) is 16.1. The van der Waals surface area contributed by atoms with E-state index >= 15 is 0 Å². The average Bonchev–Trinajstić information content (AvgIpc) is 3.12. The molecule has 1 unspecified atom stereocenters. The average molecular weight is 437 g/mol. The van der Waals surface area contributed by atoms with E-state index in [9.17, 15) is 26.7 Å². The summed E-state index contributed by atoms with van der Waals surface area (Å²) in [7, 11) is 0. The van der Waals surface area contributed by atoms with Gasteiger partial charge in [-0.1, -0.05) is 6.07 Å². The van der Waals surface area contributed by atoms with Crippen molar-refractivity contribution in [2.45, 2.75) is 32.4 Å². The quantitative estimate of drug-likeness (QED) is 0.620. The van der Waals surface area contributed by atoms with Gasteiger partial charge in [-0.25, -0.2) is 13.8 Å². The van der Waals surface area contributed by atoms with E-state index in [1.54, 1.807) is 6.92 Å². The Morgan fingerprint density at radius 1 is 1.16 bits per heavy atom. The monoisotopic (exact) mass is 437 g/mol. The molecule has 0 saturated heterocycles. The van der Waals surface area contributed by atoms with Crippen LogP contribution in [0.3, 0.4) is 0 Å². The van der Waals surface area contributed by atoms with E-state index < -0.39 is 35.7 Å². The van der Waals surface area contributed by atoms with E-state index in [-0.39, 0.29) is 35.5 Å². The lowest BCUT2D eigenvalue weighted by Crippen LogP contribution is -2.35. The van der Waals surface area contributed by atoms with Gasteiger partial charge in [-0.3, -0.25) is 9.78 Å². The molecule has 0 bridgehead atoms. The van der Waals surface area contributed by atoms with Gasteiger partial charge in [0.15, 0.2) is 0 Å². The predicted molar refractivity (Wildman–Crippen MR) is 101 cm³/mol. The molecular formula is C21H16F5N3O2. The molecule has 0 radical (unpaired) electrons. The summed E-state index contributed by atoms with van der Waals surface area (Å²) in [4.78, 5) is 18.8. The van der Waals surface area contributed by atoms with Crippen molar-refractivity contribution in [2.24, 2.45) is 4.99 Å². The number of alkyl halides is 2. The molecule has 162 valence electrons. The Bertz CT molecular complexity index is 1280. The third-order valence-corrected chi connectivity index (χ3v) is 5.10. The molecule has 5 nitrogen and oxygen atoms in total. The van der Waals surface area contributed by atoms with E-state index in [0.29, 0.717) is 11.3 Å². The van der Waals surface area contributed by atoms with Crippen LogP contribution in [0, 0.1) is 24.4 Å². The van der Waals surface area contributed by atoms with Crippen LogP contribution < -0.4 is 15.9 Å². The van der Waals surface area contributed by atoms with Crippen molar-refractivity contribution < 1.29 is 26.7 Å². The third-order valence-electron chi connectivity index (χ3n) is 5.10. The Kier molecular flexibility index (Phi) is 5.38. The first-order valence-electron chi connectivity index (χ1n) is 9.33. The topological polar surface area (TPSA) is 59.4 Å². The van der Waals surface area contributed by atoms with Crippen molar-refractivity contribution in [3.8, 4) is 5.75 Å². The number of aryl methyl sites for hydroxylation is 1. The second-order valence-electron chi connectivity index (χ2n) is 7.07. The first-order chi connectivity index (χ1) is 14.7.